The highest BCUT2D eigenvalue weighted by Gasteiger charge is 2.22. The summed E-state index contributed by atoms with van der Waals surface area (Å²) in [5, 5.41) is 9.77. The minimum absolute atomic E-state index is 0.218. The van der Waals surface area contributed by atoms with Crippen LogP contribution in [0.15, 0.2) is 24.4 Å². The molecule has 2 aromatic rings. The monoisotopic (exact) mass is 238 g/mol. The summed E-state index contributed by atoms with van der Waals surface area (Å²) in [4.78, 5) is 15.3. The van der Waals surface area contributed by atoms with E-state index in [0.29, 0.717) is 17.9 Å². The zero-order valence-corrected chi connectivity index (χ0v) is 10.1. The number of fused-ring (bicyclic) bond motifs is 1. The average molecular weight is 238 g/mol. The molecule has 1 aromatic carbocycles. The second-order valence-electron chi connectivity index (χ2n) is 5.00. The maximum atomic E-state index is 12.2. The molecule has 1 heterocycles. The molecule has 0 spiro atoms. The standard InChI is InChI=1S/C15H14N2O/c16-8-11-4-5-12-13(9-17-14(12)6-11)15(18)7-10-2-1-3-10/h4-6,9-10,17H,1-3,7H2. The van der Waals surface area contributed by atoms with Gasteiger partial charge in [-0.3, -0.25) is 4.79 Å². The molecule has 1 saturated carbocycles. The number of aromatic nitrogens is 1. The summed E-state index contributed by atoms with van der Waals surface area (Å²) in [6.45, 7) is 0. The van der Waals surface area contributed by atoms with Gasteiger partial charge < -0.3 is 4.98 Å². The number of hydrogen-bond acceptors (Lipinski definition) is 2. The van der Waals surface area contributed by atoms with E-state index in [9.17, 15) is 4.79 Å². The number of aromatic amines is 1. The molecule has 0 atom stereocenters. The van der Waals surface area contributed by atoms with Crippen molar-refractivity contribution in [3.05, 3.63) is 35.5 Å². The number of H-pyrrole nitrogens is 1. The van der Waals surface area contributed by atoms with Gasteiger partial charge in [0.2, 0.25) is 0 Å². The fourth-order valence-corrected chi connectivity index (χ4v) is 2.50. The topological polar surface area (TPSA) is 56.6 Å². The van der Waals surface area contributed by atoms with Gasteiger partial charge in [0.25, 0.3) is 0 Å². The summed E-state index contributed by atoms with van der Waals surface area (Å²) in [5.74, 6) is 0.802. The minimum Gasteiger partial charge on any atom is -0.360 e. The van der Waals surface area contributed by atoms with Crippen molar-refractivity contribution in [3.63, 3.8) is 0 Å². The van der Waals surface area contributed by atoms with Gasteiger partial charge in [0.1, 0.15) is 0 Å². The molecule has 1 fully saturated rings. The highest BCUT2D eigenvalue weighted by atomic mass is 16.1. The Hall–Kier alpha value is -2.08. The molecule has 1 N–H and O–H groups in total. The molecule has 0 aliphatic heterocycles. The van der Waals surface area contributed by atoms with Crippen molar-refractivity contribution in [1.82, 2.24) is 4.98 Å². The molecular weight excluding hydrogens is 224 g/mol. The highest BCUT2D eigenvalue weighted by molar-refractivity contribution is 6.08. The number of nitriles is 1. The van der Waals surface area contributed by atoms with Crippen molar-refractivity contribution in [1.29, 1.82) is 5.26 Å². The Kier molecular flexibility index (Phi) is 2.64. The van der Waals surface area contributed by atoms with E-state index in [1.54, 1.807) is 18.3 Å². The lowest BCUT2D eigenvalue weighted by Gasteiger charge is -2.24. The first-order valence-corrected chi connectivity index (χ1v) is 6.32. The Labute approximate surface area is 105 Å². The average Bonchev–Trinajstić information content (AvgIpc) is 2.76. The first kappa shape index (κ1) is 11.0. The first-order chi connectivity index (χ1) is 8.78. The number of carbonyl (C=O) groups is 1. The van der Waals surface area contributed by atoms with Crippen LogP contribution in [-0.2, 0) is 0 Å². The van der Waals surface area contributed by atoms with Crippen molar-refractivity contribution >= 4 is 16.7 Å². The van der Waals surface area contributed by atoms with E-state index in [2.05, 4.69) is 11.1 Å². The van der Waals surface area contributed by atoms with Gasteiger partial charge in [-0.25, -0.2) is 0 Å². The van der Waals surface area contributed by atoms with Crippen molar-refractivity contribution in [2.75, 3.05) is 0 Å². The lowest BCUT2D eigenvalue weighted by atomic mass is 9.81. The number of Topliss-reactive ketones (excluding diaryl/α,β-unsaturated/α-hetero) is 1. The van der Waals surface area contributed by atoms with E-state index in [-0.39, 0.29) is 5.78 Å². The fourth-order valence-electron chi connectivity index (χ4n) is 2.50. The molecule has 3 nitrogen and oxygen atoms in total. The summed E-state index contributed by atoms with van der Waals surface area (Å²) in [7, 11) is 0. The van der Waals surface area contributed by atoms with Crippen LogP contribution in [-0.4, -0.2) is 10.8 Å². The van der Waals surface area contributed by atoms with E-state index < -0.39 is 0 Å². The second kappa shape index (κ2) is 4.30. The normalized spacial score (nSPS) is 15.3. The first-order valence-electron chi connectivity index (χ1n) is 6.32. The molecule has 0 bridgehead atoms. The highest BCUT2D eigenvalue weighted by Crippen LogP contribution is 2.31. The van der Waals surface area contributed by atoms with Gasteiger partial charge >= 0.3 is 0 Å². The van der Waals surface area contributed by atoms with E-state index in [1.165, 1.54) is 19.3 Å². The van der Waals surface area contributed by atoms with Crippen LogP contribution < -0.4 is 0 Å². The van der Waals surface area contributed by atoms with Crippen LogP contribution in [0.4, 0.5) is 0 Å². The van der Waals surface area contributed by atoms with Crippen LogP contribution in [0.5, 0.6) is 0 Å². The number of nitrogens with one attached hydrogen (secondary N) is 1. The summed E-state index contributed by atoms with van der Waals surface area (Å²) < 4.78 is 0. The Balaban J connectivity index is 1.92. The molecule has 0 radical (unpaired) electrons. The number of ketones is 1. The number of nitrogens with zero attached hydrogens (tertiary/aromatic N) is 1. The molecule has 3 rings (SSSR count). The van der Waals surface area contributed by atoms with Gasteiger partial charge in [-0.15, -0.1) is 0 Å². The van der Waals surface area contributed by atoms with Crippen molar-refractivity contribution in [3.8, 4) is 6.07 Å². The van der Waals surface area contributed by atoms with E-state index >= 15 is 0 Å². The van der Waals surface area contributed by atoms with Crippen molar-refractivity contribution in [2.45, 2.75) is 25.7 Å². The van der Waals surface area contributed by atoms with Crippen LogP contribution >= 0.6 is 0 Å². The molecule has 1 aromatic heterocycles. The second-order valence-corrected chi connectivity index (χ2v) is 5.00. The molecule has 1 aliphatic rings. The summed E-state index contributed by atoms with van der Waals surface area (Å²) in [6, 6.07) is 7.51. The summed E-state index contributed by atoms with van der Waals surface area (Å²) >= 11 is 0. The van der Waals surface area contributed by atoms with E-state index in [0.717, 1.165) is 16.5 Å². The van der Waals surface area contributed by atoms with Gasteiger partial charge in [0.15, 0.2) is 5.78 Å². The molecule has 0 saturated heterocycles. The van der Waals surface area contributed by atoms with Gasteiger partial charge in [0.05, 0.1) is 11.6 Å². The molecule has 1 aliphatic carbocycles. The molecule has 0 amide bonds. The predicted octanol–water partition coefficient (Wildman–Crippen LogP) is 3.41. The van der Waals surface area contributed by atoms with E-state index in [1.807, 2.05) is 6.07 Å². The lowest BCUT2D eigenvalue weighted by Crippen LogP contribution is -2.15. The Bertz CT molecular complexity index is 644. The Morgan fingerprint density at radius 3 is 2.94 bits per heavy atom. The van der Waals surface area contributed by atoms with Crippen LogP contribution in [0.1, 0.15) is 41.6 Å². The number of hydrogen-bond donors (Lipinski definition) is 1. The van der Waals surface area contributed by atoms with Crippen LogP contribution in [0.2, 0.25) is 0 Å². The summed E-state index contributed by atoms with van der Waals surface area (Å²) in [6.07, 6.45) is 6.07. The molecule has 90 valence electrons. The number of benzene rings is 1. The smallest absolute Gasteiger partial charge is 0.165 e. The Morgan fingerprint density at radius 2 is 2.28 bits per heavy atom. The third-order valence-corrected chi connectivity index (χ3v) is 3.81. The van der Waals surface area contributed by atoms with E-state index in [4.69, 9.17) is 5.26 Å². The van der Waals surface area contributed by atoms with Gasteiger partial charge in [0, 0.05) is 29.1 Å². The third kappa shape index (κ3) is 1.80. The van der Waals surface area contributed by atoms with Gasteiger partial charge in [-0.05, 0) is 18.1 Å². The maximum absolute atomic E-state index is 12.2. The predicted molar refractivity (Wildman–Crippen MR) is 69.3 cm³/mol. The largest absolute Gasteiger partial charge is 0.360 e. The van der Waals surface area contributed by atoms with Gasteiger partial charge in [-0.2, -0.15) is 5.26 Å². The lowest BCUT2D eigenvalue weighted by molar-refractivity contribution is 0.0938. The number of rotatable bonds is 3. The fraction of sp³-hybridized carbons (Fsp3) is 0.333. The van der Waals surface area contributed by atoms with Crippen LogP contribution in [0.3, 0.4) is 0 Å². The number of carbonyl (C=O) groups excluding carboxylic acids is 1. The molecule has 0 unspecified atom stereocenters. The molecular formula is C15H14N2O. The minimum atomic E-state index is 0.218. The van der Waals surface area contributed by atoms with Crippen molar-refractivity contribution in [2.24, 2.45) is 5.92 Å². The quantitative estimate of drug-likeness (QED) is 0.833. The van der Waals surface area contributed by atoms with Crippen LogP contribution in [0.25, 0.3) is 10.9 Å². The summed E-state index contributed by atoms with van der Waals surface area (Å²) in [5.41, 5.74) is 2.25. The zero-order chi connectivity index (χ0) is 12.5. The maximum Gasteiger partial charge on any atom is 0.165 e. The van der Waals surface area contributed by atoms with Crippen molar-refractivity contribution < 1.29 is 4.79 Å². The van der Waals surface area contributed by atoms with Crippen LogP contribution in [0, 0.1) is 17.2 Å². The SMILES string of the molecule is N#Cc1ccc2c(C(=O)CC3CCC3)c[nH]c2c1. The third-order valence-electron chi connectivity index (χ3n) is 3.81. The Morgan fingerprint density at radius 1 is 1.44 bits per heavy atom. The van der Waals surface area contributed by atoms with Gasteiger partial charge in [-0.1, -0.05) is 25.3 Å². The zero-order valence-electron chi connectivity index (χ0n) is 10.1. The molecule has 18 heavy (non-hydrogen) atoms. The molecule has 3 heteroatoms.